The molecule has 0 aliphatic carbocycles. The van der Waals surface area contributed by atoms with Gasteiger partial charge in [0.2, 0.25) is 0 Å². The number of anilines is 1. The second-order valence-electron chi connectivity index (χ2n) is 7.60. The van der Waals surface area contributed by atoms with E-state index in [0.717, 1.165) is 0 Å². The van der Waals surface area contributed by atoms with Crippen molar-refractivity contribution in [2.24, 2.45) is 0 Å². The molecule has 0 bridgehead atoms. The van der Waals surface area contributed by atoms with Crippen molar-refractivity contribution < 1.29 is 24.2 Å². The molecule has 1 N–H and O–H groups in total. The molecule has 34 heavy (non-hydrogen) atoms. The van der Waals surface area contributed by atoms with Gasteiger partial charge in [-0.25, -0.2) is 0 Å². The second-order valence-corrected chi connectivity index (χ2v) is 8.04. The second kappa shape index (κ2) is 10.0. The largest absolute Gasteiger partial charge is 0.507 e. The van der Waals surface area contributed by atoms with Crippen LogP contribution in [0, 0.1) is 0 Å². The first kappa shape index (κ1) is 23.4. The summed E-state index contributed by atoms with van der Waals surface area (Å²) in [4.78, 5) is 27.8. The number of nitrogens with zero attached hydrogens (tertiary/aromatic N) is 1. The molecule has 3 aromatic carbocycles. The first-order valence-corrected chi connectivity index (χ1v) is 11.3. The lowest BCUT2D eigenvalue weighted by molar-refractivity contribution is -0.132. The minimum absolute atomic E-state index is 0.00497. The predicted octanol–water partition coefficient (Wildman–Crippen LogP) is 5.76. The third-order valence-electron chi connectivity index (χ3n) is 5.49. The van der Waals surface area contributed by atoms with Crippen LogP contribution in [-0.4, -0.2) is 30.0 Å². The number of hydrogen-bond acceptors (Lipinski definition) is 5. The Morgan fingerprint density at radius 3 is 1.91 bits per heavy atom. The van der Waals surface area contributed by atoms with Gasteiger partial charge in [0.05, 0.1) is 24.8 Å². The summed E-state index contributed by atoms with van der Waals surface area (Å²) in [5.41, 5.74) is 1.57. The van der Waals surface area contributed by atoms with Gasteiger partial charge in [-0.15, -0.1) is 0 Å². The summed E-state index contributed by atoms with van der Waals surface area (Å²) in [6, 6.07) is 19.7. The molecule has 1 amide bonds. The van der Waals surface area contributed by atoms with Gasteiger partial charge in [-0.2, -0.15) is 0 Å². The Balaban J connectivity index is 1.84. The molecule has 1 aliphatic heterocycles. The average molecular weight is 478 g/mol. The number of aliphatic hydroxyl groups is 1. The highest BCUT2D eigenvalue weighted by Crippen LogP contribution is 2.42. The van der Waals surface area contributed by atoms with Crippen LogP contribution in [0.1, 0.15) is 31.0 Å². The van der Waals surface area contributed by atoms with E-state index in [2.05, 4.69) is 0 Å². The Bertz CT molecular complexity index is 1220. The van der Waals surface area contributed by atoms with Crippen LogP contribution in [0.3, 0.4) is 0 Å². The number of carbonyl (C=O) groups excluding carboxylic acids is 2. The van der Waals surface area contributed by atoms with Crippen LogP contribution in [-0.2, 0) is 9.59 Å². The first-order chi connectivity index (χ1) is 16.4. The third-order valence-corrected chi connectivity index (χ3v) is 5.75. The molecule has 1 unspecified atom stereocenters. The van der Waals surface area contributed by atoms with Crippen LogP contribution >= 0.6 is 11.6 Å². The Kier molecular flexibility index (Phi) is 6.89. The van der Waals surface area contributed by atoms with Crippen molar-refractivity contribution in [1.82, 2.24) is 0 Å². The van der Waals surface area contributed by atoms with Crippen LogP contribution in [0.25, 0.3) is 5.76 Å². The van der Waals surface area contributed by atoms with Crippen molar-refractivity contribution >= 4 is 34.7 Å². The van der Waals surface area contributed by atoms with Crippen molar-refractivity contribution in [3.05, 3.63) is 94.5 Å². The average Bonchev–Trinajstić information content (AvgIpc) is 3.11. The summed E-state index contributed by atoms with van der Waals surface area (Å²) in [5.74, 6) is -0.449. The topological polar surface area (TPSA) is 76.1 Å². The standard InChI is InChI=1S/C27H24ClNO5/c1-3-33-21-13-7-18(8-14-21)25(30)23-24(17-5-9-19(28)10-6-17)29(27(32)26(23)31)20-11-15-22(16-12-20)34-4-2/h5-16,24,30H,3-4H2,1-2H3/b25-23+. The maximum absolute atomic E-state index is 13.2. The van der Waals surface area contributed by atoms with E-state index < -0.39 is 17.7 Å². The molecule has 174 valence electrons. The Labute approximate surface area is 203 Å². The molecule has 6 nitrogen and oxygen atoms in total. The number of Topliss-reactive ketones (excluding diaryl/α,β-unsaturated/α-hetero) is 1. The van der Waals surface area contributed by atoms with Crippen molar-refractivity contribution in [2.45, 2.75) is 19.9 Å². The summed E-state index contributed by atoms with van der Waals surface area (Å²) in [5, 5.41) is 11.7. The number of carbonyl (C=O) groups is 2. The number of benzene rings is 3. The van der Waals surface area contributed by atoms with Gasteiger partial charge in [0.25, 0.3) is 11.7 Å². The number of amides is 1. The molecule has 0 spiro atoms. The minimum Gasteiger partial charge on any atom is -0.507 e. The van der Waals surface area contributed by atoms with E-state index in [-0.39, 0.29) is 11.3 Å². The monoisotopic (exact) mass is 477 g/mol. The van der Waals surface area contributed by atoms with Gasteiger partial charge < -0.3 is 14.6 Å². The fraction of sp³-hybridized carbons (Fsp3) is 0.185. The van der Waals surface area contributed by atoms with E-state index in [0.29, 0.717) is 46.5 Å². The van der Waals surface area contributed by atoms with E-state index in [1.807, 2.05) is 13.8 Å². The van der Waals surface area contributed by atoms with Gasteiger partial charge in [-0.3, -0.25) is 14.5 Å². The van der Waals surface area contributed by atoms with E-state index in [9.17, 15) is 14.7 Å². The predicted molar refractivity (Wildman–Crippen MR) is 131 cm³/mol. The summed E-state index contributed by atoms with van der Waals surface area (Å²) < 4.78 is 11.0. The molecular weight excluding hydrogens is 454 g/mol. The minimum atomic E-state index is -0.832. The van der Waals surface area contributed by atoms with Gasteiger partial charge >= 0.3 is 0 Å². The highest BCUT2D eigenvalue weighted by atomic mass is 35.5. The number of rotatable bonds is 7. The summed E-state index contributed by atoms with van der Waals surface area (Å²) in [7, 11) is 0. The molecule has 1 fully saturated rings. The van der Waals surface area contributed by atoms with Gasteiger partial charge in [0, 0.05) is 16.3 Å². The summed E-state index contributed by atoms with van der Waals surface area (Å²) in [6.07, 6.45) is 0. The quantitative estimate of drug-likeness (QED) is 0.266. The zero-order chi connectivity index (χ0) is 24.2. The van der Waals surface area contributed by atoms with Crippen LogP contribution in [0.2, 0.25) is 5.02 Å². The lowest BCUT2D eigenvalue weighted by atomic mass is 9.95. The zero-order valence-corrected chi connectivity index (χ0v) is 19.6. The van der Waals surface area contributed by atoms with E-state index in [1.165, 1.54) is 4.90 Å². The number of aliphatic hydroxyl groups excluding tert-OH is 1. The molecule has 0 aromatic heterocycles. The van der Waals surface area contributed by atoms with Crippen LogP contribution in [0.15, 0.2) is 78.4 Å². The van der Waals surface area contributed by atoms with Gasteiger partial charge in [0.1, 0.15) is 17.3 Å². The maximum atomic E-state index is 13.2. The fourth-order valence-corrected chi connectivity index (χ4v) is 4.09. The third kappa shape index (κ3) is 4.50. The van der Waals surface area contributed by atoms with Crippen LogP contribution < -0.4 is 14.4 Å². The molecule has 1 atom stereocenters. The van der Waals surface area contributed by atoms with Crippen molar-refractivity contribution in [1.29, 1.82) is 0 Å². The van der Waals surface area contributed by atoms with Crippen LogP contribution in [0.4, 0.5) is 5.69 Å². The summed E-state index contributed by atoms with van der Waals surface area (Å²) in [6.45, 7) is 4.78. The number of ether oxygens (including phenoxy) is 2. The van der Waals surface area contributed by atoms with E-state index in [4.69, 9.17) is 21.1 Å². The Hall–Kier alpha value is -3.77. The lowest BCUT2D eigenvalue weighted by Crippen LogP contribution is -2.29. The highest BCUT2D eigenvalue weighted by Gasteiger charge is 2.46. The number of hydrogen-bond donors (Lipinski definition) is 1. The van der Waals surface area contributed by atoms with Crippen LogP contribution in [0.5, 0.6) is 11.5 Å². The SMILES string of the molecule is CCOc1ccc(/C(O)=C2\C(=O)C(=O)N(c3ccc(OCC)cc3)C2c2ccc(Cl)cc2)cc1. The van der Waals surface area contributed by atoms with Gasteiger partial charge in [-0.1, -0.05) is 23.7 Å². The van der Waals surface area contributed by atoms with Crippen molar-refractivity contribution in [3.63, 3.8) is 0 Å². The van der Waals surface area contributed by atoms with Gasteiger partial charge in [0.15, 0.2) is 0 Å². The van der Waals surface area contributed by atoms with E-state index in [1.54, 1.807) is 72.8 Å². The summed E-state index contributed by atoms with van der Waals surface area (Å²) >= 11 is 6.08. The molecule has 1 aliphatic rings. The van der Waals surface area contributed by atoms with Crippen molar-refractivity contribution in [2.75, 3.05) is 18.1 Å². The normalized spacial score (nSPS) is 17.1. The smallest absolute Gasteiger partial charge is 0.300 e. The molecule has 1 saturated heterocycles. The maximum Gasteiger partial charge on any atom is 0.300 e. The molecule has 1 heterocycles. The molecule has 7 heteroatoms. The van der Waals surface area contributed by atoms with E-state index >= 15 is 0 Å². The molecule has 0 radical (unpaired) electrons. The zero-order valence-electron chi connectivity index (χ0n) is 18.8. The van der Waals surface area contributed by atoms with Crippen molar-refractivity contribution in [3.8, 4) is 11.5 Å². The molecule has 3 aromatic rings. The Morgan fingerprint density at radius 2 is 1.38 bits per heavy atom. The number of halogens is 1. The lowest BCUT2D eigenvalue weighted by Gasteiger charge is -2.25. The van der Waals surface area contributed by atoms with Gasteiger partial charge in [-0.05, 0) is 80.1 Å². The molecule has 4 rings (SSSR count). The first-order valence-electron chi connectivity index (χ1n) is 11.0. The molecule has 0 saturated carbocycles. The fourth-order valence-electron chi connectivity index (χ4n) is 3.96. The Morgan fingerprint density at radius 1 is 0.853 bits per heavy atom. The highest BCUT2D eigenvalue weighted by molar-refractivity contribution is 6.51. The number of ketones is 1. The molecular formula is C27H24ClNO5.